The van der Waals surface area contributed by atoms with E-state index in [0.29, 0.717) is 0 Å². The fourth-order valence-electron chi connectivity index (χ4n) is 0.543. The number of H-pyrrole nitrogens is 1. The summed E-state index contributed by atoms with van der Waals surface area (Å²) in [6.45, 7) is 0.736. The molecule has 0 bridgehead atoms. The fraction of sp³-hybridized carbons (Fsp3) is 0.400. The van der Waals surface area contributed by atoms with Crippen LogP contribution in [-0.4, -0.2) is 17.2 Å². The second-order valence-corrected chi connectivity index (χ2v) is 1.56. The summed E-state index contributed by atoms with van der Waals surface area (Å²) in [7, 11) is 1.78. The number of hydrogen-bond acceptors (Lipinski definition) is 1. The monoisotopic (exact) mass is 195 g/mol. The molecule has 0 aliphatic heterocycles. The first kappa shape index (κ1) is 9.98. The van der Waals surface area contributed by atoms with E-state index < -0.39 is 0 Å². The van der Waals surface area contributed by atoms with Crippen molar-refractivity contribution < 1.29 is 58.2 Å². The number of aromatic nitrogens is 2. The van der Waals surface area contributed by atoms with Crippen molar-refractivity contribution in [2.24, 2.45) is 0 Å². The number of rotatable bonds is 2. The molecule has 1 heterocycles. The maximum absolute atomic E-state index is 3.91. The molecule has 0 saturated carbocycles. The number of aromatic amines is 1. The third-order valence-electron chi connectivity index (χ3n) is 0.887. The number of nitrogens with one attached hydrogen (secondary N) is 1. The summed E-state index contributed by atoms with van der Waals surface area (Å²) in [4.78, 5) is 0. The average Bonchev–Trinajstić information content (AvgIpc) is 2.19. The van der Waals surface area contributed by atoms with Crippen LogP contribution in [0, 0.1) is 0 Å². The van der Waals surface area contributed by atoms with Crippen molar-refractivity contribution in [2.75, 3.05) is 7.05 Å². The standard InChI is InChI=1S/C5H8N3.Rb/c1-6-4-5-2-3-7-8-5;/h2-3H,4H2,1H3,(H,7,8);/q-1;+1. The zero-order chi connectivity index (χ0) is 5.82. The minimum absolute atomic E-state index is 0. The van der Waals surface area contributed by atoms with Crippen LogP contribution < -0.4 is 58.2 Å². The van der Waals surface area contributed by atoms with Crippen LogP contribution in [-0.2, 0) is 6.54 Å². The van der Waals surface area contributed by atoms with E-state index in [2.05, 4.69) is 15.5 Å². The van der Waals surface area contributed by atoms with Crippen LogP contribution in [0.3, 0.4) is 0 Å². The maximum atomic E-state index is 3.91. The average molecular weight is 196 g/mol. The molecule has 0 spiro atoms. The quantitative estimate of drug-likeness (QED) is 0.578. The number of nitrogens with zero attached hydrogens (tertiary/aromatic N) is 2. The van der Waals surface area contributed by atoms with E-state index in [-0.39, 0.29) is 58.2 Å². The first-order valence-electron chi connectivity index (χ1n) is 2.47. The van der Waals surface area contributed by atoms with Gasteiger partial charge in [-0.05, 0) is 6.07 Å². The van der Waals surface area contributed by atoms with Gasteiger partial charge in [0.2, 0.25) is 0 Å². The van der Waals surface area contributed by atoms with Gasteiger partial charge in [-0.3, -0.25) is 5.10 Å². The van der Waals surface area contributed by atoms with Crippen molar-refractivity contribution >= 4 is 0 Å². The molecule has 44 valence electrons. The normalized spacial score (nSPS) is 8.56. The SMILES string of the molecule is C[N-]Cc1ccn[nH]1.[Rb+]. The molecule has 0 saturated heterocycles. The van der Waals surface area contributed by atoms with E-state index in [4.69, 9.17) is 0 Å². The van der Waals surface area contributed by atoms with Gasteiger partial charge in [0.25, 0.3) is 0 Å². The smallest absolute Gasteiger partial charge is 0.660 e. The Bertz CT molecular complexity index is 138. The molecular formula is C5H8N3Rb. The van der Waals surface area contributed by atoms with Gasteiger partial charge in [0.05, 0.1) is 0 Å². The van der Waals surface area contributed by atoms with Crippen LogP contribution in [0.25, 0.3) is 5.32 Å². The maximum Gasteiger partial charge on any atom is 1.00 e. The van der Waals surface area contributed by atoms with Crippen LogP contribution >= 0.6 is 0 Å². The summed E-state index contributed by atoms with van der Waals surface area (Å²) in [6.07, 6.45) is 1.72. The summed E-state index contributed by atoms with van der Waals surface area (Å²) in [5, 5.41) is 10.5. The molecule has 0 aliphatic rings. The molecule has 1 rings (SSSR count). The summed E-state index contributed by atoms with van der Waals surface area (Å²) < 4.78 is 0. The van der Waals surface area contributed by atoms with Crippen LogP contribution in [0.5, 0.6) is 0 Å². The summed E-state index contributed by atoms with van der Waals surface area (Å²) in [5.41, 5.74) is 1.06. The van der Waals surface area contributed by atoms with Crippen molar-refractivity contribution in [3.8, 4) is 0 Å². The van der Waals surface area contributed by atoms with E-state index in [1.807, 2.05) is 6.07 Å². The van der Waals surface area contributed by atoms with Gasteiger partial charge >= 0.3 is 58.2 Å². The van der Waals surface area contributed by atoms with Gasteiger partial charge in [0.15, 0.2) is 0 Å². The minimum atomic E-state index is 0. The molecular weight excluding hydrogens is 188 g/mol. The molecule has 0 fully saturated rings. The largest absolute Gasteiger partial charge is 1.00 e. The zero-order valence-corrected chi connectivity index (χ0v) is 10.7. The molecule has 9 heavy (non-hydrogen) atoms. The third-order valence-corrected chi connectivity index (χ3v) is 0.887. The Morgan fingerprint density at radius 2 is 2.56 bits per heavy atom. The van der Waals surface area contributed by atoms with Gasteiger partial charge in [0.1, 0.15) is 0 Å². The molecule has 0 atom stereocenters. The predicted octanol–water partition coefficient (Wildman–Crippen LogP) is -2.08. The second kappa shape index (κ2) is 5.74. The Balaban J connectivity index is 0.000000640. The zero-order valence-electron chi connectivity index (χ0n) is 5.76. The van der Waals surface area contributed by atoms with Crippen molar-refractivity contribution in [1.82, 2.24) is 10.2 Å². The van der Waals surface area contributed by atoms with Crippen LogP contribution in [0.1, 0.15) is 5.69 Å². The van der Waals surface area contributed by atoms with Crippen molar-refractivity contribution in [3.05, 3.63) is 23.3 Å². The first-order valence-corrected chi connectivity index (χ1v) is 2.47. The van der Waals surface area contributed by atoms with Crippen molar-refractivity contribution in [1.29, 1.82) is 0 Å². The van der Waals surface area contributed by atoms with Gasteiger partial charge in [-0.25, -0.2) is 0 Å². The molecule has 0 aromatic carbocycles. The molecule has 1 aromatic heterocycles. The topological polar surface area (TPSA) is 42.8 Å². The molecule has 0 aliphatic carbocycles. The molecule has 3 nitrogen and oxygen atoms in total. The van der Waals surface area contributed by atoms with E-state index in [0.717, 1.165) is 12.2 Å². The predicted molar refractivity (Wildman–Crippen MR) is 31.6 cm³/mol. The Morgan fingerprint density at radius 1 is 1.78 bits per heavy atom. The van der Waals surface area contributed by atoms with E-state index in [1.54, 1.807) is 13.2 Å². The fourth-order valence-corrected chi connectivity index (χ4v) is 0.543. The third kappa shape index (κ3) is 3.63. The Kier molecular flexibility index (Phi) is 6.36. The van der Waals surface area contributed by atoms with E-state index >= 15 is 0 Å². The minimum Gasteiger partial charge on any atom is -0.660 e. The summed E-state index contributed by atoms with van der Waals surface area (Å²) in [6, 6.07) is 1.91. The second-order valence-electron chi connectivity index (χ2n) is 1.56. The van der Waals surface area contributed by atoms with E-state index in [9.17, 15) is 0 Å². The van der Waals surface area contributed by atoms with Gasteiger partial charge in [-0.2, -0.15) is 12.1 Å². The molecule has 0 radical (unpaired) electrons. The van der Waals surface area contributed by atoms with Crippen molar-refractivity contribution in [2.45, 2.75) is 6.54 Å². The molecule has 0 unspecified atom stereocenters. The molecule has 1 N–H and O–H groups in total. The van der Waals surface area contributed by atoms with Crippen LogP contribution in [0.4, 0.5) is 0 Å². The summed E-state index contributed by atoms with van der Waals surface area (Å²) in [5.74, 6) is 0. The Morgan fingerprint density at radius 3 is 3.00 bits per heavy atom. The van der Waals surface area contributed by atoms with Gasteiger partial charge in [-0.15, -0.1) is 6.54 Å². The van der Waals surface area contributed by atoms with Crippen LogP contribution in [0.2, 0.25) is 0 Å². The van der Waals surface area contributed by atoms with Gasteiger partial charge in [-0.1, -0.05) is 0 Å². The first-order chi connectivity index (χ1) is 3.93. The van der Waals surface area contributed by atoms with Gasteiger partial charge in [0, 0.05) is 11.9 Å². The van der Waals surface area contributed by atoms with E-state index in [1.165, 1.54) is 0 Å². The van der Waals surface area contributed by atoms with Crippen LogP contribution in [0.15, 0.2) is 12.3 Å². The van der Waals surface area contributed by atoms with Crippen molar-refractivity contribution in [3.63, 3.8) is 0 Å². The molecule has 1 aromatic rings. The van der Waals surface area contributed by atoms with Gasteiger partial charge < -0.3 is 5.32 Å². The Hall–Kier alpha value is 0.975. The molecule has 4 heteroatoms. The molecule has 0 amide bonds. The Labute approximate surface area is 103 Å². The summed E-state index contributed by atoms with van der Waals surface area (Å²) >= 11 is 0. The number of hydrogen-bond donors (Lipinski definition) is 1.